The number of halogens is 1. The maximum atomic E-state index is 13.3. The zero-order chi connectivity index (χ0) is 18.9. The Hall–Kier alpha value is -2.40. The lowest BCUT2D eigenvalue weighted by Crippen LogP contribution is -2.41. The van der Waals surface area contributed by atoms with Gasteiger partial charge < -0.3 is 15.0 Å². The summed E-state index contributed by atoms with van der Waals surface area (Å²) in [4.78, 5) is 14.3. The molecule has 1 N–H and O–H groups in total. The van der Waals surface area contributed by atoms with E-state index < -0.39 is 0 Å². The fourth-order valence-electron chi connectivity index (χ4n) is 3.50. The van der Waals surface area contributed by atoms with E-state index in [2.05, 4.69) is 10.2 Å². The van der Waals surface area contributed by atoms with Gasteiger partial charge in [-0.3, -0.25) is 0 Å². The molecule has 0 aliphatic carbocycles. The van der Waals surface area contributed by atoms with Gasteiger partial charge in [0, 0.05) is 19.6 Å². The van der Waals surface area contributed by atoms with Crippen LogP contribution in [0.5, 0.6) is 0 Å². The van der Waals surface area contributed by atoms with Gasteiger partial charge in [0.05, 0.1) is 0 Å². The van der Waals surface area contributed by atoms with Gasteiger partial charge in [0.15, 0.2) is 0 Å². The van der Waals surface area contributed by atoms with Gasteiger partial charge >= 0.3 is 6.09 Å². The van der Waals surface area contributed by atoms with Crippen molar-refractivity contribution in [1.82, 2.24) is 10.2 Å². The Balaban J connectivity index is 1.36. The number of benzene rings is 2. The van der Waals surface area contributed by atoms with Gasteiger partial charge in [0.25, 0.3) is 0 Å². The third kappa shape index (κ3) is 6.68. The lowest BCUT2D eigenvalue weighted by atomic mass is 9.97. The first kappa shape index (κ1) is 19.4. The third-order valence-corrected chi connectivity index (χ3v) is 4.96. The van der Waals surface area contributed by atoms with Crippen LogP contribution in [0.2, 0.25) is 0 Å². The maximum Gasteiger partial charge on any atom is 0.407 e. The van der Waals surface area contributed by atoms with Crippen molar-refractivity contribution in [2.24, 2.45) is 5.92 Å². The summed E-state index contributed by atoms with van der Waals surface area (Å²) in [5.74, 6) is 0.248. The van der Waals surface area contributed by atoms with Crippen molar-refractivity contribution in [3.8, 4) is 0 Å². The van der Waals surface area contributed by atoms with Gasteiger partial charge in [0.2, 0.25) is 0 Å². The molecule has 1 aliphatic heterocycles. The number of piperidine rings is 1. The number of rotatable bonds is 7. The number of amides is 1. The van der Waals surface area contributed by atoms with Gasteiger partial charge in [-0.05, 0) is 55.0 Å². The quantitative estimate of drug-likeness (QED) is 0.801. The van der Waals surface area contributed by atoms with E-state index in [0.717, 1.165) is 50.0 Å². The first-order valence-corrected chi connectivity index (χ1v) is 9.60. The minimum absolute atomic E-state index is 0.178. The SMILES string of the molecule is O=C(NCC1CCCN(CCc2cccc(F)c2)C1)OCc1ccccc1. The molecule has 1 aliphatic rings. The first-order valence-electron chi connectivity index (χ1n) is 9.60. The van der Waals surface area contributed by atoms with Gasteiger partial charge in [-0.1, -0.05) is 42.5 Å². The average molecular weight is 370 g/mol. The molecule has 27 heavy (non-hydrogen) atoms. The summed E-state index contributed by atoms with van der Waals surface area (Å²) in [6.07, 6.45) is 2.71. The van der Waals surface area contributed by atoms with E-state index in [1.54, 1.807) is 12.1 Å². The third-order valence-electron chi connectivity index (χ3n) is 4.96. The lowest BCUT2D eigenvalue weighted by molar-refractivity contribution is 0.131. The van der Waals surface area contributed by atoms with Gasteiger partial charge in [-0.15, -0.1) is 0 Å². The number of nitrogens with one attached hydrogen (secondary N) is 1. The van der Waals surface area contributed by atoms with Crippen LogP contribution >= 0.6 is 0 Å². The van der Waals surface area contributed by atoms with Gasteiger partial charge in [-0.25, -0.2) is 9.18 Å². The molecule has 1 amide bonds. The van der Waals surface area contributed by atoms with Crippen LogP contribution < -0.4 is 5.32 Å². The van der Waals surface area contributed by atoms with Crippen molar-refractivity contribution in [1.29, 1.82) is 0 Å². The number of hydrogen-bond acceptors (Lipinski definition) is 3. The Morgan fingerprint density at radius 2 is 1.96 bits per heavy atom. The summed E-state index contributed by atoms with van der Waals surface area (Å²) in [5.41, 5.74) is 2.01. The summed E-state index contributed by atoms with van der Waals surface area (Å²) in [6.45, 7) is 3.85. The monoisotopic (exact) mass is 370 g/mol. The normalized spacial score (nSPS) is 17.4. The molecule has 1 heterocycles. The van der Waals surface area contributed by atoms with E-state index in [1.807, 2.05) is 36.4 Å². The molecule has 0 bridgehead atoms. The second kappa shape index (κ2) is 10.1. The molecule has 1 atom stereocenters. The molecule has 1 saturated heterocycles. The van der Waals surface area contributed by atoms with E-state index in [9.17, 15) is 9.18 Å². The predicted molar refractivity (Wildman–Crippen MR) is 104 cm³/mol. The second-order valence-electron chi connectivity index (χ2n) is 7.13. The summed E-state index contributed by atoms with van der Waals surface area (Å²) < 4.78 is 18.5. The fourth-order valence-corrected chi connectivity index (χ4v) is 3.50. The summed E-state index contributed by atoms with van der Waals surface area (Å²) in [6, 6.07) is 16.5. The zero-order valence-electron chi connectivity index (χ0n) is 15.6. The highest BCUT2D eigenvalue weighted by Gasteiger charge is 2.20. The van der Waals surface area contributed by atoms with Crippen molar-refractivity contribution >= 4 is 6.09 Å². The van der Waals surface area contributed by atoms with Crippen molar-refractivity contribution in [3.63, 3.8) is 0 Å². The van der Waals surface area contributed by atoms with Crippen molar-refractivity contribution in [3.05, 3.63) is 71.5 Å². The molecule has 1 fully saturated rings. The summed E-state index contributed by atoms with van der Waals surface area (Å²) in [5, 5.41) is 2.89. The van der Waals surface area contributed by atoms with E-state index in [-0.39, 0.29) is 18.5 Å². The number of hydrogen-bond donors (Lipinski definition) is 1. The molecule has 0 saturated carbocycles. The minimum Gasteiger partial charge on any atom is -0.445 e. The zero-order valence-corrected chi connectivity index (χ0v) is 15.6. The van der Waals surface area contributed by atoms with Gasteiger partial charge in [0.1, 0.15) is 12.4 Å². The number of carbonyl (C=O) groups is 1. The second-order valence-corrected chi connectivity index (χ2v) is 7.13. The number of nitrogens with zero attached hydrogens (tertiary/aromatic N) is 1. The van der Waals surface area contributed by atoms with Crippen LogP contribution in [0.3, 0.4) is 0 Å². The number of likely N-dealkylation sites (tertiary alicyclic amines) is 1. The molecular weight excluding hydrogens is 343 g/mol. The molecule has 0 spiro atoms. The fraction of sp³-hybridized carbons (Fsp3) is 0.409. The van der Waals surface area contributed by atoms with Crippen molar-refractivity contribution < 1.29 is 13.9 Å². The first-order chi connectivity index (χ1) is 13.2. The Kier molecular flexibility index (Phi) is 7.22. The van der Waals surface area contributed by atoms with E-state index in [0.29, 0.717) is 12.5 Å². The average Bonchev–Trinajstić information content (AvgIpc) is 2.70. The Morgan fingerprint density at radius 3 is 2.78 bits per heavy atom. The van der Waals surface area contributed by atoms with E-state index >= 15 is 0 Å². The molecule has 144 valence electrons. The van der Waals surface area contributed by atoms with Gasteiger partial charge in [-0.2, -0.15) is 0 Å². The van der Waals surface area contributed by atoms with Crippen LogP contribution in [0.25, 0.3) is 0 Å². The molecule has 1 unspecified atom stereocenters. The van der Waals surface area contributed by atoms with Crippen LogP contribution in [0.1, 0.15) is 24.0 Å². The molecule has 2 aromatic carbocycles. The topological polar surface area (TPSA) is 41.6 Å². The number of ether oxygens (including phenoxy) is 1. The lowest BCUT2D eigenvalue weighted by Gasteiger charge is -2.32. The summed E-state index contributed by atoms with van der Waals surface area (Å²) in [7, 11) is 0. The van der Waals surface area contributed by atoms with Crippen LogP contribution in [-0.2, 0) is 17.8 Å². The van der Waals surface area contributed by atoms with Crippen LogP contribution in [0, 0.1) is 11.7 Å². The molecular formula is C22H27FN2O2. The standard InChI is InChI=1S/C22H27FN2O2/c23-21-10-4-8-18(14-21)11-13-25-12-5-9-20(16-25)15-24-22(26)27-17-19-6-2-1-3-7-19/h1-4,6-8,10,14,20H,5,9,11-13,15-17H2,(H,24,26). The van der Waals surface area contributed by atoms with Crippen LogP contribution in [0.15, 0.2) is 54.6 Å². The number of carbonyl (C=O) groups excluding carboxylic acids is 1. The van der Waals surface area contributed by atoms with Crippen molar-refractivity contribution in [2.45, 2.75) is 25.9 Å². The molecule has 2 aromatic rings. The van der Waals surface area contributed by atoms with E-state index in [4.69, 9.17) is 4.74 Å². The minimum atomic E-state index is -0.365. The highest BCUT2D eigenvalue weighted by molar-refractivity contribution is 5.67. The van der Waals surface area contributed by atoms with E-state index in [1.165, 1.54) is 6.07 Å². The predicted octanol–water partition coefficient (Wildman–Crippen LogP) is 4.01. The maximum absolute atomic E-state index is 13.3. The smallest absolute Gasteiger partial charge is 0.407 e. The Labute approximate surface area is 160 Å². The molecule has 0 radical (unpaired) electrons. The molecule has 4 nitrogen and oxygen atoms in total. The van der Waals surface area contributed by atoms with Crippen LogP contribution in [0.4, 0.5) is 9.18 Å². The summed E-state index contributed by atoms with van der Waals surface area (Å²) >= 11 is 0. The van der Waals surface area contributed by atoms with Crippen molar-refractivity contribution in [2.75, 3.05) is 26.2 Å². The highest BCUT2D eigenvalue weighted by Crippen LogP contribution is 2.16. The molecule has 0 aromatic heterocycles. The highest BCUT2D eigenvalue weighted by atomic mass is 19.1. The Morgan fingerprint density at radius 1 is 1.15 bits per heavy atom. The molecule has 5 heteroatoms. The van der Waals surface area contributed by atoms with Crippen LogP contribution in [-0.4, -0.2) is 37.2 Å². The number of alkyl carbamates (subject to hydrolysis) is 1. The molecule has 3 rings (SSSR count). The largest absolute Gasteiger partial charge is 0.445 e. The Bertz CT molecular complexity index is 723.